The number of nitrogens with zero attached hydrogens (tertiary/aromatic N) is 3. The van der Waals surface area contributed by atoms with Crippen LogP contribution in [0.15, 0.2) is 52.5 Å². The van der Waals surface area contributed by atoms with Crippen molar-refractivity contribution >= 4 is 57.9 Å². The summed E-state index contributed by atoms with van der Waals surface area (Å²) in [5.74, 6) is 0.396. The molecule has 0 N–H and O–H groups in total. The van der Waals surface area contributed by atoms with E-state index in [2.05, 4.69) is 9.98 Å². The van der Waals surface area contributed by atoms with Gasteiger partial charge in [0.15, 0.2) is 11.0 Å². The lowest BCUT2D eigenvalue weighted by Gasteiger charge is -2.06. The van der Waals surface area contributed by atoms with Crippen molar-refractivity contribution < 1.29 is 4.79 Å². The predicted octanol–water partition coefficient (Wildman–Crippen LogP) is 4.62. The van der Waals surface area contributed by atoms with Gasteiger partial charge in [-0.05, 0) is 42.1 Å². The van der Waals surface area contributed by atoms with Crippen LogP contribution in [0.2, 0.25) is 10.0 Å². The zero-order chi connectivity index (χ0) is 16.4. The highest BCUT2D eigenvalue weighted by molar-refractivity contribution is 8.18. The van der Waals surface area contributed by atoms with Gasteiger partial charge in [-0.3, -0.25) is 9.69 Å². The van der Waals surface area contributed by atoms with Gasteiger partial charge in [0, 0.05) is 28.9 Å². The first kappa shape index (κ1) is 16.1. The van der Waals surface area contributed by atoms with Crippen LogP contribution in [0.5, 0.6) is 0 Å². The minimum Gasteiger partial charge on any atom is -0.289 e. The molecule has 0 radical (unpaired) electrons. The quantitative estimate of drug-likeness (QED) is 0.731. The monoisotopic (exact) mass is 363 g/mol. The lowest BCUT2D eigenvalue weighted by atomic mass is 10.2. The molecule has 1 aliphatic rings. The van der Waals surface area contributed by atoms with Crippen molar-refractivity contribution in [3.05, 3.63) is 63.1 Å². The molecule has 3 rings (SSSR count). The molecule has 0 atom stereocenters. The van der Waals surface area contributed by atoms with Crippen molar-refractivity contribution in [1.82, 2.24) is 9.88 Å². The topological polar surface area (TPSA) is 45.6 Å². The second-order valence-corrected chi connectivity index (χ2v) is 6.52. The molecule has 0 bridgehead atoms. The van der Waals surface area contributed by atoms with Crippen LogP contribution >= 0.6 is 35.0 Å². The van der Waals surface area contributed by atoms with Crippen LogP contribution in [-0.4, -0.2) is 28.0 Å². The predicted molar refractivity (Wildman–Crippen MR) is 96.1 cm³/mol. The summed E-state index contributed by atoms with van der Waals surface area (Å²) in [7, 11) is 1.67. The zero-order valence-electron chi connectivity index (χ0n) is 12.0. The summed E-state index contributed by atoms with van der Waals surface area (Å²) < 4.78 is 0. The second kappa shape index (κ2) is 6.74. The SMILES string of the molecule is CN1C(=O)/C(=C/c2c(Cl)cccc2Cl)S/C1=N/c1ccccn1. The summed E-state index contributed by atoms with van der Waals surface area (Å²) in [4.78, 5) is 22.9. The van der Waals surface area contributed by atoms with Crippen molar-refractivity contribution in [3.63, 3.8) is 0 Å². The number of halogens is 2. The summed E-state index contributed by atoms with van der Waals surface area (Å²) in [6, 6.07) is 10.7. The number of benzene rings is 1. The summed E-state index contributed by atoms with van der Waals surface area (Å²) in [5, 5.41) is 1.55. The third-order valence-electron chi connectivity index (χ3n) is 3.14. The molecule has 116 valence electrons. The van der Waals surface area contributed by atoms with Crippen LogP contribution < -0.4 is 0 Å². The first-order valence-corrected chi connectivity index (χ1v) is 8.25. The van der Waals surface area contributed by atoms with Gasteiger partial charge in [0.1, 0.15) is 0 Å². The van der Waals surface area contributed by atoms with E-state index in [9.17, 15) is 4.79 Å². The van der Waals surface area contributed by atoms with Crippen molar-refractivity contribution in [2.45, 2.75) is 0 Å². The van der Waals surface area contributed by atoms with Crippen LogP contribution in [0, 0.1) is 0 Å². The van der Waals surface area contributed by atoms with E-state index in [0.717, 1.165) is 0 Å². The average molecular weight is 364 g/mol. The maximum atomic E-state index is 12.4. The van der Waals surface area contributed by atoms with Crippen molar-refractivity contribution in [2.24, 2.45) is 4.99 Å². The summed E-state index contributed by atoms with van der Waals surface area (Å²) >= 11 is 13.6. The van der Waals surface area contributed by atoms with Gasteiger partial charge < -0.3 is 0 Å². The van der Waals surface area contributed by atoms with Gasteiger partial charge in [-0.1, -0.05) is 35.3 Å². The Bertz CT molecular complexity index is 801. The Morgan fingerprint density at radius 2 is 1.91 bits per heavy atom. The van der Waals surface area contributed by atoms with Gasteiger partial charge in [0.05, 0.1) is 4.91 Å². The molecule has 1 amide bonds. The lowest BCUT2D eigenvalue weighted by molar-refractivity contribution is -0.121. The Labute approximate surface area is 147 Å². The first-order chi connectivity index (χ1) is 11.1. The number of amides is 1. The fourth-order valence-electron chi connectivity index (χ4n) is 1.95. The molecular formula is C16H11Cl2N3OS. The number of aliphatic imine (C=N–C) groups is 1. The van der Waals surface area contributed by atoms with Crippen molar-refractivity contribution in [1.29, 1.82) is 0 Å². The molecule has 0 aliphatic carbocycles. The highest BCUT2D eigenvalue weighted by atomic mass is 35.5. The smallest absolute Gasteiger partial charge is 0.266 e. The molecule has 23 heavy (non-hydrogen) atoms. The van der Waals surface area contributed by atoms with E-state index in [1.807, 2.05) is 12.1 Å². The van der Waals surface area contributed by atoms with E-state index in [1.165, 1.54) is 16.7 Å². The Hall–Kier alpha value is -1.82. The molecule has 0 unspecified atom stereocenters. The summed E-state index contributed by atoms with van der Waals surface area (Å²) in [6.07, 6.45) is 3.34. The number of amidine groups is 1. The molecule has 1 aliphatic heterocycles. The van der Waals surface area contributed by atoms with Gasteiger partial charge in [0.25, 0.3) is 5.91 Å². The number of hydrogen-bond donors (Lipinski definition) is 0. The van der Waals surface area contributed by atoms with E-state index in [4.69, 9.17) is 23.2 Å². The fourth-order valence-corrected chi connectivity index (χ4v) is 3.41. The number of aromatic nitrogens is 1. The van der Waals surface area contributed by atoms with Crippen LogP contribution in [0.1, 0.15) is 5.56 Å². The van der Waals surface area contributed by atoms with Gasteiger partial charge in [0.2, 0.25) is 0 Å². The van der Waals surface area contributed by atoms with E-state index >= 15 is 0 Å². The minimum absolute atomic E-state index is 0.152. The third kappa shape index (κ3) is 3.42. The van der Waals surface area contributed by atoms with Gasteiger partial charge in [-0.15, -0.1) is 0 Å². The Morgan fingerprint density at radius 1 is 1.17 bits per heavy atom. The maximum absolute atomic E-state index is 12.4. The zero-order valence-corrected chi connectivity index (χ0v) is 14.4. The summed E-state index contributed by atoms with van der Waals surface area (Å²) in [5.41, 5.74) is 0.624. The third-order valence-corrected chi connectivity index (χ3v) is 4.86. The highest BCUT2D eigenvalue weighted by Crippen LogP contribution is 2.35. The molecule has 1 aromatic heterocycles. The number of pyridine rings is 1. The van der Waals surface area contributed by atoms with E-state index in [-0.39, 0.29) is 5.91 Å². The number of hydrogen-bond acceptors (Lipinski definition) is 4. The second-order valence-electron chi connectivity index (χ2n) is 4.69. The molecule has 2 aromatic rings. The average Bonchev–Trinajstić information content (AvgIpc) is 2.80. The standard InChI is InChI=1S/C16H11Cl2N3OS/c1-21-15(22)13(9-10-11(17)5-4-6-12(10)18)23-16(21)20-14-7-2-3-8-19-14/h2-9H,1H3/b13-9-,20-16+. The van der Waals surface area contributed by atoms with Gasteiger partial charge >= 0.3 is 0 Å². The number of thioether (sulfide) groups is 1. The lowest BCUT2D eigenvalue weighted by Crippen LogP contribution is -2.23. The number of carbonyl (C=O) groups excluding carboxylic acids is 1. The van der Waals surface area contributed by atoms with Gasteiger partial charge in [-0.25, -0.2) is 9.98 Å². The highest BCUT2D eigenvalue weighted by Gasteiger charge is 2.30. The minimum atomic E-state index is -0.152. The molecule has 1 fully saturated rings. The van der Waals surface area contributed by atoms with Crippen LogP contribution in [0.4, 0.5) is 5.82 Å². The normalized spacial score (nSPS) is 18.2. The fraction of sp³-hybridized carbons (Fsp3) is 0.0625. The number of likely N-dealkylation sites (N-methyl/N-ethyl adjacent to an activating group) is 1. The van der Waals surface area contributed by atoms with Crippen LogP contribution in [-0.2, 0) is 4.79 Å². The Balaban J connectivity index is 1.96. The summed E-state index contributed by atoms with van der Waals surface area (Å²) in [6.45, 7) is 0. The molecule has 2 heterocycles. The molecule has 1 saturated heterocycles. The van der Waals surface area contributed by atoms with Crippen molar-refractivity contribution in [3.8, 4) is 0 Å². The molecular weight excluding hydrogens is 353 g/mol. The van der Waals surface area contributed by atoms with E-state index in [0.29, 0.717) is 31.5 Å². The molecule has 1 aromatic carbocycles. The maximum Gasteiger partial charge on any atom is 0.266 e. The largest absolute Gasteiger partial charge is 0.289 e. The van der Waals surface area contributed by atoms with Crippen LogP contribution in [0.25, 0.3) is 6.08 Å². The Kier molecular flexibility index (Phi) is 4.71. The molecule has 4 nitrogen and oxygen atoms in total. The van der Waals surface area contributed by atoms with E-state index in [1.54, 1.807) is 43.6 Å². The molecule has 0 spiro atoms. The molecule has 7 heteroatoms. The molecule has 0 saturated carbocycles. The Morgan fingerprint density at radius 3 is 2.57 bits per heavy atom. The number of carbonyl (C=O) groups is 1. The van der Waals surface area contributed by atoms with Crippen LogP contribution in [0.3, 0.4) is 0 Å². The number of rotatable bonds is 2. The van der Waals surface area contributed by atoms with Gasteiger partial charge in [-0.2, -0.15) is 0 Å². The van der Waals surface area contributed by atoms with E-state index < -0.39 is 0 Å². The van der Waals surface area contributed by atoms with Crippen molar-refractivity contribution in [2.75, 3.05) is 7.05 Å². The first-order valence-electron chi connectivity index (χ1n) is 6.67.